The standard InChI is InChI=1S/C13H11NO4S3/c15-11(9-3-1-5-19-9)14-8(12(16)17)7-21-13(18)10-4-2-6-20-10/h1-6,8H,7H2,(H,14,15)(H,16,17)/t8-/m0/s1. The zero-order chi connectivity index (χ0) is 15.2. The van der Waals surface area contributed by atoms with Gasteiger partial charge in [0.25, 0.3) is 5.91 Å². The van der Waals surface area contributed by atoms with Crippen LogP contribution in [0.1, 0.15) is 19.3 Å². The quantitative estimate of drug-likeness (QED) is 0.844. The molecule has 0 saturated carbocycles. The molecule has 8 heteroatoms. The molecule has 1 atom stereocenters. The first-order valence-electron chi connectivity index (χ1n) is 5.85. The molecule has 5 nitrogen and oxygen atoms in total. The summed E-state index contributed by atoms with van der Waals surface area (Å²) in [6.07, 6.45) is 0. The van der Waals surface area contributed by atoms with Gasteiger partial charge in [-0.15, -0.1) is 22.7 Å². The van der Waals surface area contributed by atoms with Gasteiger partial charge >= 0.3 is 5.97 Å². The summed E-state index contributed by atoms with van der Waals surface area (Å²) in [6.45, 7) is 0. The minimum atomic E-state index is -1.16. The van der Waals surface area contributed by atoms with Gasteiger partial charge in [-0.2, -0.15) is 0 Å². The molecule has 0 unspecified atom stereocenters. The third kappa shape index (κ3) is 4.42. The van der Waals surface area contributed by atoms with Gasteiger partial charge in [0.05, 0.1) is 9.75 Å². The minimum absolute atomic E-state index is 0.0107. The maximum absolute atomic E-state index is 11.8. The molecular weight excluding hydrogens is 330 g/mol. The van der Waals surface area contributed by atoms with Crippen LogP contribution >= 0.6 is 34.4 Å². The summed E-state index contributed by atoms with van der Waals surface area (Å²) < 4.78 is 0. The molecule has 1 amide bonds. The van der Waals surface area contributed by atoms with Crippen LogP contribution in [0.3, 0.4) is 0 Å². The molecule has 2 aromatic rings. The minimum Gasteiger partial charge on any atom is -0.480 e. The smallest absolute Gasteiger partial charge is 0.327 e. The molecule has 21 heavy (non-hydrogen) atoms. The van der Waals surface area contributed by atoms with Crippen molar-refractivity contribution < 1.29 is 19.5 Å². The molecule has 2 rings (SSSR count). The van der Waals surface area contributed by atoms with Gasteiger partial charge in [0.15, 0.2) is 0 Å². The highest BCUT2D eigenvalue weighted by molar-refractivity contribution is 8.14. The normalized spacial score (nSPS) is 11.8. The van der Waals surface area contributed by atoms with Crippen molar-refractivity contribution in [2.45, 2.75) is 6.04 Å². The summed E-state index contributed by atoms with van der Waals surface area (Å²) >= 11 is 3.42. The first-order valence-corrected chi connectivity index (χ1v) is 8.60. The highest BCUT2D eigenvalue weighted by Gasteiger charge is 2.23. The Morgan fingerprint density at radius 3 is 2.29 bits per heavy atom. The van der Waals surface area contributed by atoms with Crippen molar-refractivity contribution in [1.82, 2.24) is 5.32 Å². The van der Waals surface area contributed by atoms with Gasteiger partial charge < -0.3 is 10.4 Å². The Labute approximate surface area is 133 Å². The Morgan fingerprint density at radius 2 is 1.76 bits per heavy atom. The molecule has 0 aliphatic carbocycles. The molecule has 0 spiro atoms. The zero-order valence-corrected chi connectivity index (χ0v) is 13.1. The third-order valence-electron chi connectivity index (χ3n) is 2.45. The molecular formula is C13H11NO4S3. The molecule has 0 saturated heterocycles. The van der Waals surface area contributed by atoms with Crippen molar-refractivity contribution in [3.8, 4) is 0 Å². The van der Waals surface area contributed by atoms with Gasteiger partial charge in [-0.1, -0.05) is 23.9 Å². The van der Waals surface area contributed by atoms with E-state index in [4.69, 9.17) is 5.11 Å². The number of aliphatic carboxylic acids is 1. The average Bonchev–Trinajstić information content (AvgIpc) is 3.14. The van der Waals surface area contributed by atoms with Crippen molar-refractivity contribution in [3.05, 3.63) is 44.8 Å². The van der Waals surface area contributed by atoms with E-state index in [1.807, 2.05) is 0 Å². The maximum atomic E-state index is 11.8. The number of carboxylic acids is 1. The molecule has 2 heterocycles. The molecule has 0 aliphatic heterocycles. The van der Waals surface area contributed by atoms with E-state index in [0.29, 0.717) is 9.75 Å². The predicted molar refractivity (Wildman–Crippen MR) is 84.3 cm³/mol. The fraction of sp³-hybridized carbons (Fsp3) is 0.154. The number of carboxylic acid groups (broad SMARTS) is 1. The Balaban J connectivity index is 1.92. The number of hydrogen-bond acceptors (Lipinski definition) is 6. The number of carbonyl (C=O) groups excluding carboxylic acids is 2. The highest BCUT2D eigenvalue weighted by atomic mass is 32.2. The summed E-state index contributed by atoms with van der Waals surface area (Å²) in [4.78, 5) is 35.8. The summed E-state index contributed by atoms with van der Waals surface area (Å²) in [5, 5.41) is 14.9. The fourth-order valence-corrected chi connectivity index (χ4v) is 3.70. The maximum Gasteiger partial charge on any atom is 0.327 e. The summed E-state index contributed by atoms with van der Waals surface area (Å²) in [5.74, 6) is -1.61. The lowest BCUT2D eigenvalue weighted by molar-refractivity contribution is -0.138. The SMILES string of the molecule is O=C(N[C@@H](CSC(=O)c1cccs1)C(=O)O)c1cccs1. The summed E-state index contributed by atoms with van der Waals surface area (Å²) in [6, 6.07) is 5.66. The molecule has 0 aromatic carbocycles. The highest BCUT2D eigenvalue weighted by Crippen LogP contribution is 2.18. The van der Waals surface area contributed by atoms with Gasteiger partial charge in [-0.05, 0) is 22.9 Å². The van der Waals surface area contributed by atoms with E-state index in [1.165, 1.54) is 22.7 Å². The number of thioether (sulfide) groups is 1. The second-order valence-electron chi connectivity index (χ2n) is 3.92. The Kier molecular flexibility index (Phi) is 5.54. The first-order chi connectivity index (χ1) is 10.1. The van der Waals surface area contributed by atoms with Crippen molar-refractivity contribution in [2.24, 2.45) is 0 Å². The Hall–Kier alpha value is -1.64. The molecule has 0 fully saturated rings. The van der Waals surface area contributed by atoms with Crippen LogP contribution in [0.25, 0.3) is 0 Å². The van der Waals surface area contributed by atoms with Crippen LogP contribution in [0.2, 0.25) is 0 Å². The number of nitrogens with one attached hydrogen (secondary N) is 1. The van der Waals surface area contributed by atoms with E-state index in [1.54, 1.807) is 35.0 Å². The number of rotatable bonds is 6. The second kappa shape index (κ2) is 7.39. The number of hydrogen-bond donors (Lipinski definition) is 2. The lowest BCUT2D eigenvalue weighted by atomic mass is 10.3. The van der Waals surface area contributed by atoms with E-state index in [-0.39, 0.29) is 10.9 Å². The van der Waals surface area contributed by atoms with Gasteiger partial charge in [0.2, 0.25) is 5.12 Å². The van der Waals surface area contributed by atoms with E-state index in [9.17, 15) is 14.4 Å². The van der Waals surface area contributed by atoms with Gasteiger partial charge in [-0.3, -0.25) is 9.59 Å². The van der Waals surface area contributed by atoms with Crippen molar-refractivity contribution in [3.63, 3.8) is 0 Å². The number of amides is 1. The predicted octanol–water partition coefficient (Wildman–Crippen LogP) is 2.57. The summed E-state index contributed by atoms with van der Waals surface area (Å²) in [5.41, 5.74) is 0. The first kappa shape index (κ1) is 15.7. The molecule has 0 aliphatic rings. The molecule has 2 aromatic heterocycles. The van der Waals surface area contributed by atoms with Gasteiger partial charge in [0.1, 0.15) is 6.04 Å². The van der Waals surface area contributed by atoms with Crippen LogP contribution < -0.4 is 5.32 Å². The number of thiophene rings is 2. The largest absolute Gasteiger partial charge is 0.480 e. The van der Waals surface area contributed by atoms with Gasteiger partial charge in [-0.25, -0.2) is 4.79 Å². The Morgan fingerprint density at radius 1 is 1.14 bits per heavy atom. The van der Waals surface area contributed by atoms with Crippen molar-refractivity contribution in [2.75, 3.05) is 5.75 Å². The van der Waals surface area contributed by atoms with E-state index in [2.05, 4.69) is 5.32 Å². The lowest BCUT2D eigenvalue weighted by Gasteiger charge is -2.12. The topological polar surface area (TPSA) is 83.5 Å². The van der Waals surface area contributed by atoms with E-state index < -0.39 is 17.9 Å². The van der Waals surface area contributed by atoms with E-state index >= 15 is 0 Å². The summed E-state index contributed by atoms with van der Waals surface area (Å²) in [7, 11) is 0. The monoisotopic (exact) mass is 341 g/mol. The van der Waals surface area contributed by atoms with Crippen LogP contribution in [0.4, 0.5) is 0 Å². The lowest BCUT2D eigenvalue weighted by Crippen LogP contribution is -2.42. The van der Waals surface area contributed by atoms with Crippen LogP contribution in [0.15, 0.2) is 35.0 Å². The van der Waals surface area contributed by atoms with Crippen molar-refractivity contribution >= 4 is 51.4 Å². The molecule has 110 valence electrons. The third-order valence-corrected chi connectivity index (χ3v) is 5.30. The van der Waals surface area contributed by atoms with E-state index in [0.717, 1.165) is 11.8 Å². The molecule has 0 bridgehead atoms. The fourth-order valence-electron chi connectivity index (χ4n) is 1.44. The molecule has 2 N–H and O–H groups in total. The Bertz CT molecular complexity index is 622. The second-order valence-corrected chi connectivity index (χ2v) is 6.81. The zero-order valence-electron chi connectivity index (χ0n) is 10.6. The number of carbonyl (C=O) groups is 3. The van der Waals surface area contributed by atoms with Crippen LogP contribution in [0.5, 0.6) is 0 Å². The van der Waals surface area contributed by atoms with Crippen LogP contribution in [0, 0.1) is 0 Å². The average molecular weight is 341 g/mol. The molecule has 0 radical (unpaired) electrons. The van der Waals surface area contributed by atoms with Crippen LogP contribution in [-0.4, -0.2) is 33.9 Å². The van der Waals surface area contributed by atoms with Crippen molar-refractivity contribution in [1.29, 1.82) is 0 Å². The van der Waals surface area contributed by atoms with Gasteiger partial charge in [0, 0.05) is 5.75 Å². The van der Waals surface area contributed by atoms with Crippen LogP contribution in [-0.2, 0) is 4.79 Å².